The molecule has 13 nitrogen and oxygen atoms in total. The molecule has 10 atom stereocenters. The van der Waals surface area contributed by atoms with E-state index in [1.807, 2.05) is 200 Å². The van der Waals surface area contributed by atoms with Crippen LogP contribution in [0.1, 0.15) is 66.0 Å². The first-order valence-corrected chi connectivity index (χ1v) is 32.2. The molecule has 2 aliphatic heterocycles. The van der Waals surface area contributed by atoms with Gasteiger partial charge in [0, 0.05) is 6.42 Å². The van der Waals surface area contributed by atoms with E-state index in [9.17, 15) is 30.0 Å². The van der Waals surface area contributed by atoms with Gasteiger partial charge >= 0.3 is 39.0 Å². The monoisotopic (exact) mass is 1250 g/mol. The number of halogens is 6. The maximum absolute atomic E-state index is 13.8. The summed E-state index contributed by atoms with van der Waals surface area (Å²) in [5, 5.41) is 0. The minimum absolute atomic E-state index is 0.108. The number of aromatic nitrogens is 2. The Morgan fingerprint density at radius 3 is 1.34 bits per heavy atom. The van der Waals surface area contributed by atoms with Gasteiger partial charge in [0.1, 0.15) is 73.3 Å². The molecule has 9 rings (SSSR count). The average molecular weight is 1250 g/mol. The molecule has 7 aromatic rings. The molecule has 0 spiro atoms. The number of esters is 1. The van der Waals surface area contributed by atoms with Crippen molar-refractivity contribution >= 4 is 25.5 Å². The fraction of sp³-hybridized carbons (Fsp3) is 0.394. The van der Waals surface area contributed by atoms with Crippen molar-refractivity contribution in [1.29, 1.82) is 0 Å². The first-order valence-electron chi connectivity index (χ1n) is 29.1. The zero-order valence-corrected chi connectivity index (χ0v) is 50.4. The summed E-state index contributed by atoms with van der Waals surface area (Å²) in [6, 6.07) is 60.3. The zero-order chi connectivity index (χ0) is 61.4. The number of unbranched alkanes of at least 4 members (excludes halogenated alkanes) is 2. The molecule has 0 N–H and O–H groups in total. The standard InChI is InChI=1S/C66H77N2O11S.F6P/c1-3-80-66-64(76-46-55-35-21-9-22-36-55)62(74-44-53-31-17-7-18-32-53)60(57(78-66)48-71-58(69)37-23-10-24-38-68-40-39-67(2)49-68)79-65-63(75-45-54-33-19-8-20-34-54)61(73-43-52-29-15-6-16-30-52)59(72-42-51-27-13-5-14-28-51)56(77-65)47-70-41-50-25-11-4-12-26-50;1-7(2,3,4,5)6/h4-9,11-22,25-36,39-40,49,56-57,59-66H,3,10,23-24,37-38,41-48H2,1-2H3;/q+1;-1/t56-,57-,59+,60-,61+,62+,63-,64-,65-,66+;/m1./s1. The molecule has 3 heterocycles. The molecule has 2 aliphatic rings. The van der Waals surface area contributed by atoms with Crippen LogP contribution >= 0.6 is 19.6 Å². The summed E-state index contributed by atoms with van der Waals surface area (Å²) in [7, 11) is -8.65. The third-order valence-corrected chi connectivity index (χ3v) is 15.2. The number of nitrogens with zero attached hydrogens (tertiary/aromatic N) is 2. The number of carbonyl (C=O) groups is 1. The van der Waals surface area contributed by atoms with Crippen LogP contribution < -0.4 is 4.57 Å². The number of aryl methyl sites for hydroxylation is 2. The second-order valence-electron chi connectivity index (χ2n) is 21.2. The molecule has 87 heavy (non-hydrogen) atoms. The van der Waals surface area contributed by atoms with E-state index < -0.39 is 68.4 Å². The molecule has 6 aromatic carbocycles. The molecule has 1 aromatic heterocycles. The van der Waals surface area contributed by atoms with Crippen molar-refractivity contribution in [1.82, 2.24) is 4.57 Å². The molecular weight excluding hydrogens is 1170 g/mol. The van der Waals surface area contributed by atoms with Crippen LogP contribution in [0, 0.1) is 0 Å². The van der Waals surface area contributed by atoms with Gasteiger partial charge in [0.25, 0.3) is 0 Å². The fourth-order valence-electron chi connectivity index (χ4n) is 10.0. The van der Waals surface area contributed by atoms with Crippen LogP contribution in [-0.2, 0) is 105 Å². The van der Waals surface area contributed by atoms with Gasteiger partial charge in [0.2, 0.25) is 6.33 Å². The number of imidazole rings is 1. The van der Waals surface area contributed by atoms with Crippen LogP contribution in [0.15, 0.2) is 201 Å². The number of benzene rings is 6. The molecule has 0 bridgehead atoms. The molecule has 0 amide bonds. The van der Waals surface area contributed by atoms with Crippen molar-refractivity contribution in [3.63, 3.8) is 0 Å². The Bertz CT molecular complexity index is 3050. The number of thioether (sulfide) groups is 1. The Morgan fingerprint density at radius 1 is 0.506 bits per heavy atom. The molecular formula is C66H77F6N2O11PS. The molecule has 0 radical (unpaired) electrons. The van der Waals surface area contributed by atoms with E-state index >= 15 is 0 Å². The van der Waals surface area contributed by atoms with Gasteiger partial charge < -0.3 is 47.4 Å². The topological polar surface area (TPSA) is 118 Å². The summed E-state index contributed by atoms with van der Waals surface area (Å²) in [5.41, 5.74) is 5.36. The van der Waals surface area contributed by atoms with Gasteiger partial charge in [-0.05, 0) is 58.4 Å². The van der Waals surface area contributed by atoms with Gasteiger partial charge in [0.15, 0.2) is 6.29 Å². The second-order valence-corrected chi connectivity index (χ2v) is 24.5. The van der Waals surface area contributed by atoms with E-state index in [-0.39, 0.29) is 58.6 Å². The molecule has 0 aliphatic carbocycles. The number of rotatable bonds is 31. The summed E-state index contributed by atoms with van der Waals surface area (Å²) >= 11 is 1.61. The second kappa shape index (κ2) is 32.5. The Morgan fingerprint density at radius 2 is 0.908 bits per heavy atom. The number of hydrogen-bond acceptors (Lipinski definition) is 12. The van der Waals surface area contributed by atoms with Crippen molar-refractivity contribution in [3.05, 3.63) is 234 Å². The number of ether oxygens (including phenoxy) is 10. The van der Waals surface area contributed by atoms with Crippen molar-refractivity contribution < 1.29 is 81.9 Å². The Hall–Kier alpha value is -6.00. The van der Waals surface area contributed by atoms with Gasteiger partial charge in [-0.1, -0.05) is 189 Å². The normalized spacial score (nSPS) is 22.9. The molecule has 470 valence electrons. The van der Waals surface area contributed by atoms with Crippen LogP contribution in [-0.4, -0.2) is 90.1 Å². The van der Waals surface area contributed by atoms with Crippen LogP contribution in [0.3, 0.4) is 0 Å². The predicted octanol–water partition coefficient (Wildman–Crippen LogP) is 14.5. The maximum atomic E-state index is 13.8. The van der Waals surface area contributed by atoms with Gasteiger partial charge in [-0.25, -0.2) is 9.13 Å². The van der Waals surface area contributed by atoms with E-state index in [1.165, 1.54) is 0 Å². The summed E-state index contributed by atoms with van der Waals surface area (Å²) in [5.74, 6) is 0.405. The third-order valence-electron chi connectivity index (χ3n) is 14.2. The first kappa shape index (κ1) is 66.9. The fourth-order valence-corrected chi connectivity index (χ4v) is 11.0. The van der Waals surface area contributed by atoms with Crippen molar-refractivity contribution in [2.45, 2.75) is 139 Å². The predicted molar refractivity (Wildman–Crippen MR) is 320 cm³/mol. The summed E-state index contributed by atoms with van der Waals surface area (Å²) in [6.45, 7) is 4.57. The minimum atomic E-state index is -10.7. The van der Waals surface area contributed by atoms with Crippen LogP contribution in [0.5, 0.6) is 0 Å². The summed E-state index contributed by atoms with van der Waals surface area (Å²) in [6.07, 6.45) is 1.42. The van der Waals surface area contributed by atoms with E-state index in [0.29, 0.717) is 13.0 Å². The molecule has 0 saturated carbocycles. The number of hydrogen-bond donors (Lipinski definition) is 0. The summed E-state index contributed by atoms with van der Waals surface area (Å²) in [4.78, 5) is 13.8. The third kappa shape index (κ3) is 24.1. The average Bonchev–Trinajstić information content (AvgIpc) is 1.42. The summed E-state index contributed by atoms with van der Waals surface area (Å²) < 4.78 is 134. The molecule has 2 saturated heterocycles. The molecule has 21 heteroatoms. The van der Waals surface area contributed by atoms with E-state index in [4.69, 9.17) is 47.4 Å². The first-order chi connectivity index (χ1) is 41.9. The quantitative estimate of drug-likeness (QED) is 0.0135. The van der Waals surface area contributed by atoms with Crippen LogP contribution in [0.25, 0.3) is 0 Å². The van der Waals surface area contributed by atoms with Gasteiger partial charge in [-0.15, -0.1) is 11.8 Å². The van der Waals surface area contributed by atoms with Crippen LogP contribution in [0.2, 0.25) is 0 Å². The van der Waals surface area contributed by atoms with Crippen molar-refractivity contribution in [2.24, 2.45) is 7.05 Å². The van der Waals surface area contributed by atoms with Gasteiger partial charge in [0.05, 0.1) is 59.8 Å². The SMILES string of the molecule is CCS[C@@H]1O[C@H](COC(=O)CCCCCn2cc[n+](C)c2)[C@@H](O[C@H]2O[C@H](COCc3ccccc3)[C@H](OCc3ccccc3)[C@H](OCc3ccccc3)[C@H]2OCc2ccccc2)[C@H](OCc2ccccc2)[C@H]1OCc1ccccc1.F[P-](F)(F)(F)(F)F. The Balaban J connectivity index is 0.00000132. The van der Waals surface area contributed by atoms with Crippen LogP contribution in [0.4, 0.5) is 25.2 Å². The van der Waals surface area contributed by atoms with Gasteiger partial charge in [-0.3, -0.25) is 4.79 Å². The van der Waals surface area contributed by atoms with E-state index in [2.05, 4.69) is 24.0 Å². The Kier molecular flexibility index (Phi) is 25.0. The molecule has 2 fully saturated rings. The van der Waals surface area contributed by atoms with E-state index in [0.717, 1.165) is 58.5 Å². The zero-order valence-electron chi connectivity index (χ0n) is 48.7. The number of carbonyl (C=O) groups excluding carboxylic acids is 1. The van der Waals surface area contributed by atoms with E-state index in [1.54, 1.807) is 11.8 Å². The van der Waals surface area contributed by atoms with Crippen molar-refractivity contribution in [2.75, 3.05) is 19.0 Å². The van der Waals surface area contributed by atoms with Gasteiger partial charge in [-0.2, -0.15) is 0 Å². The molecule has 0 unspecified atom stereocenters. The Labute approximate surface area is 509 Å². The van der Waals surface area contributed by atoms with Crippen molar-refractivity contribution in [3.8, 4) is 0 Å².